The predicted molar refractivity (Wildman–Crippen MR) is 119 cm³/mol. The minimum Gasteiger partial charge on any atom is -0.463 e. The molecule has 0 saturated heterocycles. The van der Waals surface area contributed by atoms with Crippen molar-refractivity contribution in [2.45, 2.75) is 46.1 Å². The molecule has 0 radical (unpaired) electrons. The summed E-state index contributed by atoms with van der Waals surface area (Å²) in [5, 5.41) is 0. The topological polar surface area (TPSA) is 102 Å². The molecule has 0 spiro atoms. The van der Waals surface area contributed by atoms with Gasteiger partial charge in [-0.05, 0) is 27.2 Å². The van der Waals surface area contributed by atoms with E-state index in [1.54, 1.807) is 7.05 Å². The zero-order valence-corrected chi connectivity index (χ0v) is 20.5. The SMILES string of the molecule is CCCC(=O)OCCOCCOCCOCCOCCOCCN(C)C(=O)OC(C)(C)C. The highest BCUT2D eigenvalue weighted by atomic mass is 16.6. The van der Waals surface area contributed by atoms with E-state index in [9.17, 15) is 9.59 Å². The molecule has 0 aromatic carbocycles. The van der Waals surface area contributed by atoms with Gasteiger partial charge in [0.05, 0.1) is 66.1 Å². The lowest BCUT2D eigenvalue weighted by molar-refractivity contribution is -0.145. The van der Waals surface area contributed by atoms with Crippen LogP contribution in [0.4, 0.5) is 4.79 Å². The third kappa shape index (κ3) is 21.8. The zero-order valence-electron chi connectivity index (χ0n) is 20.5. The summed E-state index contributed by atoms with van der Waals surface area (Å²) in [6, 6.07) is 0. The summed E-state index contributed by atoms with van der Waals surface area (Å²) in [6.07, 6.45) is 0.861. The van der Waals surface area contributed by atoms with E-state index in [1.165, 1.54) is 4.90 Å². The van der Waals surface area contributed by atoms with Crippen LogP contribution in [0.1, 0.15) is 40.5 Å². The van der Waals surface area contributed by atoms with Crippen LogP contribution >= 0.6 is 0 Å². The number of likely N-dealkylation sites (N-methyl/N-ethyl adjacent to an activating group) is 1. The van der Waals surface area contributed by atoms with Gasteiger partial charge in [-0.25, -0.2) is 4.79 Å². The first kappa shape index (κ1) is 30.5. The second-order valence-electron chi connectivity index (χ2n) is 7.93. The van der Waals surface area contributed by atoms with Crippen LogP contribution < -0.4 is 0 Å². The first-order valence-corrected chi connectivity index (χ1v) is 11.2. The van der Waals surface area contributed by atoms with Crippen LogP contribution in [0.3, 0.4) is 0 Å². The van der Waals surface area contributed by atoms with Crippen LogP contribution in [0.25, 0.3) is 0 Å². The Balaban J connectivity index is 3.25. The van der Waals surface area contributed by atoms with Crippen molar-refractivity contribution in [3.8, 4) is 0 Å². The molecule has 0 N–H and O–H groups in total. The summed E-state index contributed by atoms with van der Waals surface area (Å²) >= 11 is 0. The van der Waals surface area contributed by atoms with Crippen molar-refractivity contribution in [3.63, 3.8) is 0 Å². The monoisotopic (exact) mass is 465 g/mol. The van der Waals surface area contributed by atoms with E-state index in [0.29, 0.717) is 79.0 Å². The van der Waals surface area contributed by atoms with Crippen LogP contribution in [0.5, 0.6) is 0 Å². The minimum atomic E-state index is -0.505. The molecule has 32 heavy (non-hydrogen) atoms. The van der Waals surface area contributed by atoms with Gasteiger partial charge in [0.15, 0.2) is 0 Å². The third-order valence-corrected chi connectivity index (χ3v) is 3.71. The molecule has 0 saturated carbocycles. The number of hydrogen-bond acceptors (Lipinski definition) is 9. The van der Waals surface area contributed by atoms with Gasteiger partial charge in [0, 0.05) is 20.0 Å². The average molecular weight is 466 g/mol. The summed E-state index contributed by atoms with van der Waals surface area (Å²) in [7, 11) is 1.68. The first-order chi connectivity index (χ1) is 15.3. The highest BCUT2D eigenvalue weighted by Gasteiger charge is 2.19. The van der Waals surface area contributed by atoms with Crippen molar-refractivity contribution < 1.29 is 42.7 Å². The second-order valence-corrected chi connectivity index (χ2v) is 7.93. The quantitative estimate of drug-likeness (QED) is 0.198. The highest BCUT2D eigenvalue weighted by Crippen LogP contribution is 2.08. The number of esters is 1. The molecule has 1 amide bonds. The molecular weight excluding hydrogens is 422 g/mol. The summed E-state index contributed by atoms with van der Waals surface area (Å²) in [5.41, 5.74) is -0.505. The van der Waals surface area contributed by atoms with E-state index in [2.05, 4.69) is 0 Å². The van der Waals surface area contributed by atoms with Crippen LogP contribution in [0, 0.1) is 0 Å². The Morgan fingerprint density at radius 1 is 0.688 bits per heavy atom. The predicted octanol–water partition coefficient (Wildman–Crippen LogP) is 2.28. The Bertz CT molecular complexity index is 469. The molecule has 0 heterocycles. The second kappa shape index (κ2) is 20.2. The molecule has 0 aromatic rings. The van der Waals surface area contributed by atoms with E-state index >= 15 is 0 Å². The fraction of sp³-hybridized carbons (Fsp3) is 0.909. The molecule has 190 valence electrons. The van der Waals surface area contributed by atoms with Crippen molar-refractivity contribution in [1.82, 2.24) is 4.90 Å². The van der Waals surface area contributed by atoms with Crippen LogP contribution in [0.15, 0.2) is 0 Å². The Morgan fingerprint density at radius 2 is 1.09 bits per heavy atom. The molecule has 0 rings (SSSR count). The van der Waals surface area contributed by atoms with E-state index in [0.717, 1.165) is 6.42 Å². The molecule has 0 aliphatic heterocycles. The fourth-order valence-corrected chi connectivity index (χ4v) is 2.11. The van der Waals surface area contributed by atoms with Crippen molar-refractivity contribution >= 4 is 12.1 Å². The molecule has 10 nitrogen and oxygen atoms in total. The fourth-order valence-electron chi connectivity index (χ4n) is 2.11. The van der Waals surface area contributed by atoms with Crippen LogP contribution in [-0.4, -0.2) is 109 Å². The average Bonchev–Trinajstić information content (AvgIpc) is 2.71. The third-order valence-electron chi connectivity index (χ3n) is 3.71. The maximum atomic E-state index is 11.8. The standard InChI is InChI=1S/C22H43NO9/c1-6-7-20(24)31-19-18-30-17-16-29-15-14-28-13-12-27-11-10-26-9-8-23(5)21(25)32-22(2,3)4/h6-19H2,1-5H3. The Labute approximate surface area is 192 Å². The van der Waals surface area contributed by atoms with E-state index in [-0.39, 0.29) is 18.7 Å². The van der Waals surface area contributed by atoms with Gasteiger partial charge in [-0.1, -0.05) is 6.92 Å². The maximum absolute atomic E-state index is 11.8. The van der Waals surface area contributed by atoms with Crippen molar-refractivity contribution in [3.05, 3.63) is 0 Å². The van der Waals surface area contributed by atoms with Gasteiger partial charge in [-0.3, -0.25) is 4.79 Å². The molecular formula is C22H43NO9. The summed E-state index contributed by atoms with van der Waals surface area (Å²) in [5.74, 6) is -0.191. The number of rotatable bonds is 20. The first-order valence-electron chi connectivity index (χ1n) is 11.2. The lowest BCUT2D eigenvalue weighted by atomic mass is 10.2. The van der Waals surface area contributed by atoms with Crippen molar-refractivity contribution in [2.75, 3.05) is 86.3 Å². The van der Waals surface area contributed by atoms with Crippen molar-refractivity contribution in [1.29, 1.82) is 0 Å². The van der Waals surface area contributed by atoms with Gasteiger partial charge >= 0.3 is 12.1 Å². The molecule has 0 bridgehead atoms. The largest absolute Gasteiger partial charge is 0.463 e. The Kier molecular flexibility index (Phi) is 19.2. The van der Waals surface area contributed by atoms with E-state index in [1.807, 2.05) is 27.7 Å². The summed E-state index contributed by atoms with van der Waals surface area (Å²) < 4.78 is 37.2. The molecule has 0 atom stereocenters. The van der Waals surface area contributed by atoms with Gasteiger partial charge < -0.3 is 38.1 Å². The highest BCUT2D eigenvalue weighted by molar-refractivity contribution is 5.69. The van der Waals surface area contributed by atoms with Crippen LogP contribution in [-0.2, 0) is 38.0 Å². The number of carbonyl (C=O) groups is 2. The van der Waals surface area contributed by atoms with E-state index in [4.69, 9.17) is 33.2 Å². The molecule has 0 aromatic heterocycles. The van der Waals surface area contributed by atoms with Crippen LogP contribution in [0.2, 0.25) is 0 Å². The zero-order chi connectivity index (χ0) is 24.1. The van der Waals surface area contributed by atoms with Gasteiger partial charge in [-0.2, -0.15) is 0 Å². The summed E-state index contributed by atoms with van der Waals surface area (Å²) in [6.45, 7) is 12.7. The number of hydrogen-bond donors (Lipinski definition) is 0. The molecule has 0 fully saturated rings. The molecule has 0 aliphatic carbocycles. The van der Waals surface area contributed by atoms with E-state index < -0.39 is 5.60 Å². The van der Waals surface area contributed by atoms with Gasteiger partial charge in [0.1, 0.15) is 12.2 Å². The Morgan fingerprint density at radius 3 is 1.50 bits per heavy atom. The smallest absolute Gasteiger partial charge is 0.410 e. The normalized spacial score (nSPS) is 11.4. The molecule has 0 aliphatic rings. The van der Waals surface area contributed by atoms with Gasteiger partial charge in [-0.15, -0.1) is 0 Å². The number of ether oxygens (including phenoxy) is 7. The van der Waals surface area contributed by atoms with Gasteiger partial charge in [0.25, 0.3) is 0 Å². The number of nitrogens with zero attached hydrogens (tertiary/aromatic N) is 1. The number of amides is 1. The lowest BCUT2D eigenvalue weighted by Crippen LogP contribution is -2.36. The number of carbonyl (C=O) groups excluding carboxylic acids is 2. The minimum absolute atomic E-state index is 0.191. The van der Waals surface area contributed by atoms with Gasteiger partial charge in [0.2, 0.25) is 0 Å². The Hall–Kier alpha value is -1.46. The maximum Gasteiger partial charge on any atom is 0.410 e. The lowest BCUT2D eigenvalue weighted by Gasteiger charge is -2.24. The molecule has 10 heteroatoms. The molecule has 0 unspecified atom stereocenters. The van der Waals surface area contributed by atoms with Crippen molar-refractivity contribution in [2.24, 2.45) is 0 Å². The summed E-state index contributed by atoms with van der Waals surface area (Å²) in [4.78, 5) is 24.4.